The molecular weight excluding hydrogens is 540 g/mol. The number of carbonyl (C=O) groups excluding carboxylic acids is 2. The van der Waals surface area contributed by atoms with Crippen molar-refractivity contribution in [3.8, 4) is 10.4 Å². The number of aliphatic hydroxyl groups excluding tert-OH is 1. The predicted octanol–water partition coefficient (Wildman–Crippen LogP) is 1.02. The molecule has 1 aliphatic rings. The maximum absolute atomic E-state index is 11.6. The van der Waals surface area contributed by atoms with E-state index in [-0.39, 0.29) is 74.7 Å². The Labute approximate surface area is 282 Å². The molecule has 1 aromatic heterocycles. The Balaban J connectivity index is 0. The van der Waals surface area contributed by atoms with Crippen molar-refractivity contribution < 1.29 is 71.2 Å². The molecule has 0 radical (unpaired) electrons. The summed E-state index contributed by atoms with van der Waals surface area (Å²) < 4.78 is 0. The minimum absolute atomic E-state index is 0. The van der Waals surface area contributed by atoms with Crippen molar-refractivity contribution in [1.29, 1.82) is 0 Å². The zero-order valence-electron chi connectivity index (χ0n) is 25.2. The van der Waals surface area contributed by atoms with Gasteiger partial charge in [0.25, 0.3) is 0 Å². The molecular formula is C29H49KN4O4S. The molecule has 39 heavy (non-hydrogen) atoms. The largest absolute Gasteiger partial charge is 1.00 e. The minimum atomic E-state index is -0.302. The zero-order chi connectivity index (χ0) is 29.1. The van der Waals surface area contributed by atoms with Gasteiger partial charge in [0.05, 0.1) is 22.2 Å². The Hall–Kier alpha value is -0.694. The van der Waals surface area contributed by atoms with Crippen LogP contribution < -0.4 is 68.0 Å². The molecule has 0 saturated carbocycles. The number of rotatable bonds is 8. The number of aryl methyl sites for hydroxylation is 1. The molecule has 5 N–H and O–H groups in total. The molecule has 8 nitrogen and oxygen atoms in total. The van der Waals surface area contributed by atoms with Gasteiger partial charge in [-0.2, -0.15) is 7.11 Å². The van der Waals surface area contributed by atoms with Gasteiger partial charge >= 0.3 is 51.4 Å². The molecule has 216 valence electrons. The maximum Gasteiger partial charge on any atom is 1.00 e. The van der Waals surface area contributed by atoms with Gasteiger partial charge in [0, 0.05) is 32.5 Å². The number of thiazole rings is 1. The first-order chi connectivity index (χ1) is 18.0. The van der Waals surface area contributed by atoms with Gasteiger partial charge in [-0.25, -0.2) is 4.98 Å². The Bertz CT molecular complexity index is 917. The molecule has 1 unspecified atom stereocenters. The second kappa shape index (κ2) is 22.9. The number of β-amino-alcohol motifs (C(OH)–C–C–N with tert-alkyl or cyclic N) is 1. The summed E-state index contributed by atoms with van der Waals surface area (Å²) in [4.78, 5) is 29.0. The second-order valence-corrected chi connectivity index (χ2v) is 11.3. The third-order valence-corrected chi connectivity index (χ3v) is 6.65. The van der Waals surface area contributed by atoms with Crippen LogP contribution in [0.4, 0.5) is 0 Å². The van der Waals surface area contributed by atoms with E-state index in [1.807, 2.05) is 12.4 Å². The van der Waals surface area contributed by atoms with Crippen LogP contribution in [0.5, 0.6) is 0 Å². The number of benzene rings is 1. The number of carbonyl (C=O) groups is 2. The number of hydrogen-bond donors (Lipinski definition) is 3. The number of aliphatic hydroxyl groups is 1. The number of likely N-dealkylation sites (tertiary alicyclic amines) is 1. The molecule has 1 aromatic carbocycles. The van der Waals surface area contributed by atoms with Crippen molar-refractivity contribution in [2.24, 2.45) is 16.9 Å². The Kier molecular flexibility index (Phi) is 23.8. The van der Waals surface area contributed by atoms with Gasteiger partial charge in [-0.05, 0) is 36.3 Å². The van der Waals surface area contributed by atoms with Crippen LogP contribution in [-0.2, 0) is 16.1 Å². The van der Waals surface area contributed by atoms with E-state index in [2.05, 4.69) is 56.9 Å². The van der Waals surface area contributed by atoms with E-state index in [0.29, 0.717) is 25.9 Å². The molecule has 2 aromatic rings. The normalized spacial score (nSPS) is 14.0. The van der Waals surface area contributed by atoms with Crippen LogP contribution in [0.3, 0.4) is 0 Å². The van der Waals surface area contributed by atoms with Gasteiger partial charge in [-0.1, -0.05) is 71.2 Å². The van der Waals surface area contributed by atoms with Gasteiger partial charge < -0.3 is 26.6 Å². The number of primary amides is 1. The van der Waals surface area contributed by atoms with Gasteiger partial charge in [-0.3, -0.25) is 9.59 Å². The van der Waals surface area contributed by atoms with Crippen molar-refractivity contribution in [3.63, 3.8) is 0 Å². The third kappa shape index (κ3) is 19.1. The summed E-state index contributed by atoms with van der Waals surface area (Å²) in [7, 11) is 0.750. The number of amides is 2. The van der Waals surface area contributed by atoms with E-state index in [1.165, 1.54) is 23.3 Å². The molecule has 1 fully saturated rings. The Morgan fingerprint density at radius 1 is 1.15 bits per heavy atom. The number of unbranched alkanes of at least 4 members (excludes halogenated alkanes) is 3. The molecule has 1 saturated heterocycles. The predicted molar refractivity (Wildman–Crippen MR) is 155 cm³/mol. The summed E-state index contributed by atoms with van der Waals surface area (Å²) >= 11 is 1.67. The third-order valence-electron chi connectivity index (χ3n) is 5.67. The molecule has 2 heterocycles. The summed E-state index contributed by atoms with van der Waals surface area (Å²) in [6.07, 6.45) is 6.08. The molecule has 2 amide bonds. The Morgan fingerprint density at radius 2 is 1.77 bits per heavy atom. The number of nitrogens with zero attached hydrogens (tertiary/aromatic N) is 2. The standard InChI is InChI=1S/C11H12N2S.C10H19NO2.C7H15NO.CH3O.K/c1-8-11(14-7-13-8)10-4-2-9(6-12)3-5-10;1-10(2,3)6-9(13)11-5-4-8(12)7-11;1-2-3-4-5-6-7(8)9;1-2;/h2-5,7H,6,12H2,1H3;8,12H,4-7H2,1-3H3;2-6H2,1H3,(H2,8,9);1H3;/q;;;-1;+1. The summed E-state index contributed by atoms with van der Waals surface area (Å²) in [6.45, 7) is 12.2. The summed E-state index contributed by atoms with van der Waals surface area (Å²) in [5, 5.41) is 17.5. The average Bonchev–Trinajstić information content (AvgIpc) is 3.51. The fraction of sp³-hybridized carbons (Fsp3) is 0.621. The van der Waals surface area contributed by atoms with E-state index in [9.17, 15) is 14.7 Å². The topological polar surface area (TPSA) is 146 Å². The Morgan fingerprint density at radius 3 is 2.18 bits per heavy atom. The smallest absolute Gasteiger partial charge is 0.857 e. The van der Waals surface area contributed by atoms with E-state index in [0.717, 1.165) is 44.2 Å². The average molecular weight is 589 g/mol. The first kappa shape index (κ1) is 40.4. The second-order valence-electron chi connectivity index (χ2n) is 10.5. The van der Waals surface area contributed by atoms with Crippen LogP contribution in [-0.4, -0.2) is 53.1 Å². The first-order valence-corrected chi connectivity index (χ1v) is 14.2. The van der Waals surface area contributed by atoms with Gasteiger partial charge in [0.2, 0.25) is 11.8 Å². The van der Waals surface area contributed by atoms with Gasteiger partial charge in [-0.15, -0.1) is 11.3 Å². The summed E-state index contributed by atoms with van der Waals surface area (Å²) in [5.74, 6) is -0.00449. The molecule has 0 aliphatic carbocycles. The van der Waals surface area contributed by atoms with E-state index >= 15 is 0 Å². The van der Waals surface area contributed by atoms with Gasteiger partial charge in [0.15, 0.2) is 0 Å². The van der Waals surface area contributed by atoms with Crippen molar-refractivity contribution in [3.05, 3.63) is 41.0 Å². The number of nitrogens with two attached hydrogens (primary N) is 2. The molecule has 3 rings (SSSR count). The molecule has 0 bridgehead atoms. The van der Waals surface area contributed by atoms with Crippen LogP contribution in [0, 0.1) is 12.3 Å². The van der Waals surface area contributed by atoms with Crippen LogP contribution in [0.15, 0.2) is 29.8 Å². The fourth-order valence-electron chi connectivity index (χ4n) is 3.63. The summed E-state index contributed by atoms with van der Waals surface area (Å²) in [6, 6.07) is 8.33. The van der Waals surface area contributed by atoms with Crippen LogP contribution in [0.1, 0.15) is 83.9 Å². The van der Waals surface area contributed by atoms with Crippen molar-refractivity contribution >= 4 is 23.2 Å². The molecule has 1 aliphatic heterocycles. The fourth-order valence-corrected chi connectivity index (χ4v) is 4.44. The molecule has 0 spiro atoms. The van der Waals surface area contributed by atoms with Crippen LogP contribution in [0.2, 0.25) is 0 Å². The first-order valence-electron chi connectivity index (χ1n) is 13.3. The minimum Gasteiger partial charge on any atom is -0.857 e. The SMILES string of the molecule is CC(C)(C)CC(=O)N1CCC(O)C1.CCCCCCC(N)=O.C[O-].Cc1ncsc1-c1ccc(CN)cc1.[K+]. The van der Waals surface area contributed by atoms with E-state index in [1.54, 1.807) is 16.2 Å². The van der Waals surface area contributed by atoms with Crippen molar-refractivity contribution in [2.45, 2.75) is 92.2 Å². The number of hydrogen-bond acceptors (Lipinski definition) is 7. The summed E-state index contributed by atoms with van der Waals surface area (Å²) in [5.41, 5.74) is 15.9. The van der Waals surface area contributed by atoms with Crippen molar-refractivity contribution in [2.75, 3.05) is 20.2 Å². The monoisotopic (exact) mass is 588 g/mol. The quantitative estimate of drug-likeness (QED) is 0.310. The van der Waals surface area contributed by atoms with E-state index in [4.69, 9.17) is 16.6 Å². The van der Waals surface area contributed by atoms with E-state index < -0.39 is 0 Å². The zero-order valence-corrected chi connectivity index (χ0v) is 29.1. The van der Waals surface area contributed by atoms with Crippen molar-refractivity contribution in [1.82, 2.24) is 9.88 Å². The molecule has 1 atom stereocenters. The van der Waals surface area contributed by atoms with Crippen LogP contribution >= 0.6 is 11.3 Å². The van der Waals surface area contributed by atoms with Gasteiger partial charge in [0.1, 0.15) is 0 Å². The maximum atomic E-state index is 11.6. The number of aromatic nitrogens is 1. The molecule has 10 heteroatoms. The van der Waals surface area contributed by atoms with Crippen LogP contribution in [0.25, 0.3) is 10.4 Å².